The van der Waals surface area contributed by atoms with Crippen LogP contribution in [0.4, 0.5) is 4.79 Å². The van der Waals surface area contributed by atoms with Gasteiger partial charge in [0.25, 0.3) is 0 Å². The van der Waals surface area contributed by atoms with Gasteiger partial charge in [0, 0.05) is 13.0 Å². The van der Waals surface area contributed by atoms with Gasteiger partial charge in [-0.15, -0.1) is 0 Å². The smallest absolute Gasteiger partial charge is 0.411 e. The fourth-order valence-electron chi connectivity index (χ4n) is 2.01. The molecule has 0 aromatic heterocycles. The van der Waals surface area contributed by atoms with Crippen molar-refractivity contribution >= 4 is 12.1 Å². The average molecular weight is 261 g/mol. The van der Waals surface area contributed by atoms with E-state index < -0.39 is 18.1 Å². The highest BCUT2D eigenvalue weighted by molar-refractivity contribution is 5.81. The van der Waals surface area contributed by atoms with Gasteiger partial charge < -0.3 is 9.84 Å². The van der Waals surface area contributed by atoms with Crippen molar-refractivity contribution in [2.75, 3.05) is 6.54 Å². The molecule has 1 fully saturated rings. The van der Waals surface area contributed by atoms with Crippen LogP contribution in [-0.2, 0) is 16.1 Å². The fraction of sp³-hybridized carbons (Fsp3) is 0.286. The quantitative estimate of drug-likeness (QED) is 0.845. The monoisotopic (exact) mass is 261 g/mol. The topological polar surface area (TPSA) is 66.8 Å². The van der Waals surface area contributed by atoms with Gasteiger partial charge in [-0.1, -0.05) is 42.5 Å². The van der Waals surface area contributed by atoms with Crippen LogP contribution in [-0.4, -0.2) is 34.7 Å². The van der Waals surface area contributed by atoms with E-state index in [0.29, 0.717) is 0 Å². The van der Waals surface area contributed by atoms with Gasteiger partial charge in [-0.2, -0.15) is 0 Å². The lowest BCUT2D eigenvalue weighted by Gasteiger charge is -2.20. The molecule has 1 aliphatic heterocycles. The van der Waals surface area contributed by atoms with Gasteiger partial charge in [-0.25, -0.2) is 9.59 Å². The maximum atomic E-state index is 11.9. The van der Waals surface area contributed by atoms with Gasteiger partial charge in [-0.3, -0.25) is 4.90 Å². The van der Waals surface area contributed by atoms with Crippen molar-refractivity contribution in [3.63, 3.8) is 0 Å². The predicted octanol–water partition coefficient (Wildman–Crippen LogP) is 2.04. The molecule has 0 spiro atoms. The van der Waals surface area contributed by atoms with Crippen LogP contribution in [0.3, 0.4) is 0 Å². The highest BCUT2D eigenvalue weighted by Crippen LogP contribution is 2.22. The minimum Gasteiger partial charge on any atom is -0.480 e. The van der Waals surface area contributed by atoms with E-state index in [4.69, 9.17) is 9.84 Å². The summed E-state index contributed by atoms with van der Waals surface area (Å²) in [4.78, 5) is 24.1. The van der Waals surface area contributed by atoms with E-state index in [2.05, 4.69) is 6.58 Å². The zero-order valence-electron chi connectivity index (χ0n) is 10.4. The van der Waals surface area contributed by atoms with Crippen molar-refractivity contribution in [2.45, 2.75) is 19.1 Å². The molecule has 1 unspecified atom stereocenters. The first-order valence-corrected chi connectivity index (χ1v) is 5.94. The van der Waals surface area contributed by atoms with Crippen LogP contribution in [0.1, 0.15) is 12.0 Å². The number of amides is 1. The molecular formula is C14H15NO4. The van der Waals surface area contributed by atoms with Crippen molar-refractivity contribution in [3.05, 3.63) is 48.0 Å². The molecule has 0 bridgehead atoms. The third-order valence-corrected chi connectivity index (χ3v) is 2.98. The number of likely N-dealkylation sites (tertiary alicyclic amines) is 1. The minimum absolute atomic E-state index is 0.134. The van der Waals surface area contributed by atoms with Gasteiger partial charge in [0.15, 0.2) is 0 Å². The second-order valence-corrected chi connectivity index (χ2v) is 4.48. The molecule has 1 saturated heterocycles. The molecule has 1 amide bonds. The maximum absolute atomic E-state index is 11.9. The second-order valence-electron chi connectivity index (χ2n) is 4.48. The van der Waals surface area contributed by atoms with Gasteiger partial charge in [0.2, 0.25) is 0 Å². The number of carboxylic acid groups (broad SMARTS) is 1. The summed E-state index contributed by atoms with van der Waals surface area (Å²) < 4.78 is 5.12. The summed E-state index contributed by atoms with van der Waals surface area (Å²) in [7, 11) is 0. The SMILES string of the molecule is C=C1CC(C(=O)O)N(C(=O)OCc2ccccc2)C1. The molecule has 2 rings (SSSR count). The fourth-order valence-corrected chi connectivity index (χ4v) is 2.01. The Morgan fingerprint density at radius 2 is 2.05 bits per heavy atom. The highest BCUT2D eigenvalue weighted by Gasteiger charge is 2.36. The van der Waals surface area contributed by atoms with E-state index in [1.807, 2.05) is 30.3 Å². The summed E-state index contributed by atoms with van der Waals surface area (Å²) in [5, 5.41) is 9.05. The molecule has 100 valence electrons. The summed E-state index contributed by atoms with van der Waals surface area (Å²) in [5.74, 6) is -1.03. The summed E-state index contributed by atoms with van der Waals surface area (Å²) in [6.45, 7) is 4.10. The summed E-state index contributed by atoms with van der Waals surface area (Å²) in [5.41, 5.74) is 1.59. The number of hydrogen-bond acceptors (Lipinski definition) is 3. The molecule has 1 atom stereocenters. The lowest BCUT2D eigenvalue weighted by molar-refractivity contribution is -0.141. The van der Waals surface area contributed by atoms with Crippen molar-refractivity contribution < 1.29 is 19.4 Å². The van der Waals surface area contributed by atoms with E-state index >= 15 is 0 Å². The van der Waals surface area contributed by atoms with Crippen molar-refractivity contribution in [1.29, 1.82) is 0 Å². The Kier molecular flexibility index (Phi) is 3.85. The Morgan fingerprint density at radius 1 is 1.37 bits per heavy atom. The third-order valence-electron chi connectivity index (χ3n) is 2.98. The molecule has 0 saturated carbocycles. The number of carbonyl (C=O) groups is 2. The van der Waals surface area contributed by atoms with Crippen molar-refractivity contribution in [2.24, 2.45) is 0 Å². The molecule has 0 aliphatic carbocycles. The molecular weight excluding hydrogens is 246 g/mol. The minimum atomic E-state index is -1.03. The predicted molar refractivity (Wildman–Crippen MR) is 68.5 cm³/mol. The maximum Gasteiger partial charge on any atom is 0.411 e. The Morgan fingerprint density at radius 3 is 2.68 bits per heavy atom. The van der Waals surface area contributed by atoms with E-state index in [0.717, 1.165) is 11.1 Å². The first-order valence-electron chi connectivity index (χ1n) is 5.94. The van der Waals surface area contributed by atoms with Gasteiger partial charge in [0.1, 0.15) is 12.6 Å². The summed E-state index contributed by atoms with van der Waals surface area (Å²) in [6.07, 6.45) is -0.328. The Balaban J connectivity index is 1.96. The number of rotatable bonds is 3. The second kappa shape index (κ2) is 5.56. The zero-order chi connectivity index (χ0) is 13.8. The first-order chi connectivity index (χ1) is 9.08. The van der Waals surface area contributed by atoms with E-state index in [1.54, 1.807) is 0 Å². The molecule has 19 heavy (non-hydrogen) atoms. The molecule has 1 aromatic rings. The van der Waals surface area contributed by atoms with Crippen LogP contribution in [0, 0.1) is 0 Å². The number of hydrogen-bond donors (Lipinski definition) is 1. The largest absolute Gasteiger partial charge is 0.480 e. The Bertz CT molecular complexity index is 497. The van der Waals surface area contributed by atoms with Gasteiger partial charge in [0.05, 0.1) is 0 Å². The van der Waals surface area contributed by atoms with Gasteiger partial charge in [-0.05, 0) is 5.56 Å². The van der Waals surface area contributed by atoms with E-state index in [9.17, 15) is 9.59 Å². The molecule has 5 nitrogen and oxygen atoms in total. The molecule has 0 radical (unpaired) electrons. The van der Waals surface area contributed by atoms with E-state index in [1.165, 1.54) is 4.90 Å². The van der Waals surface area contributed by atoms with Crippen molar-refractivity contribution in [3.8, 4) is 0 Å². The van der Waals surface area contributed by atoms with Crippen LogP contribution < -0.4 is 0 Å². The summed E-state index contributed by atoms with van der Waals surface area (Å²) in [6, 6.07) is 8.38. The lowest BCUT2D eigenvalue weighted by Crippen LogP contribution is -2.40. The number of carbonyl (C=O) groups excluding carboxylic acids is 1. The van der Waals surface area contributed by atoms with Crippen LogP contribution in [0.5, 0.6) is 0 Å². The number of nitrogens with zero attached hydrogens (tertiary/aromatic N) is 1. The van der Waals surface area contributed by atoms with E-state index in [-0.39, 0.29) is 19.6 Å². The van der Waals surface area contributed by atoms with Crippen LogP contribution >= 0.6 is 0 Å². The number of ether oxygens (including phenoxy) is 1. The third kappa shape index (κ3) is 3.13. The molecule has 1 aromatic carbocycles. The molecule has 1 N–H and O–H groups in total. The lowest BCUT2D eigenvalue weighted by atomic mass is 10.2. The molecule has 1 aliphatic rings. The number of aliphatic carboxylic acids is 1. The number of benzene rings is 1. The van der Waals surface area contributed by atoms with Crippen LogP contribution in [0.25, 0.3) is 0 Å². The number of carboxylic acids is 1. The van der Waals surface area contributed by atoms with Crippen LogP contribution in [0.2, 0.25) is 0 Å². The average Bonchev–Trinajstić information content (AvgIpc) is 2.79. The van der Waals surface area contributed by atoms with Crippen molar-refractivity contribution in [1.82, 2.24) is 4.90 Å². The summed E-state index contributed by atoms with van der Waals surface area (Å²) >= 11 is 0. The standard InChI is InChI=1S/C14H15NO4/c1-10-7-12(13(16)17)15(8-10)14(18)19-9-11-5-3-2-4-6-11/h2-6,12H,1,7-9H2,(H,16,17). The Hall–Kier alpha value is -2.30. The highest BCUT2D eigenvalue weighted by atomic mass is 16.6. The van der Waals surface area contributed by atoms with Crippen LogP contribution in [0.15, 0.2) is 42.5 Å². The van der Waals surface area contributed by atoms with Gasteiger partial charge >= 0.3 is 12.1 Å². The Labute approximate surface area is 111 Å². The molecule has 1 heterocycles. The normalized spacial score (nSPS) is 18.4. The first kappa shape index (κ1) is 13.1. The zero-order valence-corrected chi connectivity index (χ0v) is 10.4. The molecule has 5 heteroatoms.